The molecule has 1 saturated heterocycles. The molecule has 0 unspecified atom stereocenters. The lowest BCUT2D eigenvalue weighted by Gasteiger charge is -2.18. The van der Waals surface area contributed by atoms with Gasteiger partial charge >= 0.3 is 6.09 Å². The maximum Gasteiger partial charge on any atom is 0.414 e. The number of halogens is 1. The van der Waals surface area contributed by atoms with E-state index in [4.69, 9.17) is 21.1 Å². The van der Waals surface area contributed by atoms with Gasteiger partial charge in [-0.3, -0.25) is 19.1 Å². The van der Waals surface area contributed by atoms with E-state index in [-0.39, 0.29) is 24.6 Å². The van der Waals surface area contributed by atoms with Crippen LogP contribution < -0.4 is 20.5 Å². The van der Waals surface area contributed by atoms with Crippen molar-refractivity contribution in [2.45, 2.75) is 6.10 Å². The Balaban J connectivity index is 1.48. The second-order valence-corrected chi connectivity index (χ2v) is 8.41. The standard InChI is InChI=1S/C21H18ClN3O5S/c1-29-16-10-13(24-9-3-2-4-19(24)26)5-6-15(16)25-12-14(30-21(25)28)11-23-20(27)17-7-8-18(22)31-17/h2-10,14H,11-12H2,1H3,(H,23,27)/t14-/m0/s1. The van der Waals surface area contributed by atoms with E-state index < -0.39 is 12.2 Å². The normalized spacial score (nSPS) is 15.6. The second-order valence-electron chi connectivity index (χ2n) is 6.70. The number of hydrogen-bond donors (Lipinski definition) is 1. The highest BCUT2D eigenvalue weighted by Crippen LogP contribution is 2.33. The fourth-order valence-electron chi connectivity index (χ4n) is 3.23. The highest BCUT2D eigenvalue weighted by Gasteiger charge is 2.34. The van der Waals surface area contributed by atoms with Crippen molar-refractivity contribution in [3.63, 3.8) is 0 Å². The molecule has 3 aromatic rings. The number of hydrogen-bond acceptors (Lipinski definition) is 6. The summed E-state index contributed by atoms with van der Waals surface area (Å²) in [6, 6.07) is 13.3. The molecule has 1 aliphatic rings. The van der Waals surface area contributed by atoms with Crippen LogP contribution in [0.3, 0.4) is 0 Å². The van der Waals surface area contributed by atoms with E-state index in [2.05, 4.69) is 5.32 Å². The molecule has 3 heterocycles. The first-order chi connectivity index (χ1) is 15.0. The predicted molar refractivity (Wildman–Crippen MR) is 118 cm³/mol. The van der Waals surface area contributed by atoms with E-state index in [9.17, 15) is 14.4 Å². The Kier molecular flexibility index (Phi) is 5.97. The molecule has 2 amide bonds. The van der Waals surface area contributed by atoms with Gasteiger partial charge in [0.05, 0.1) is 40.8 Å². The number of benzene rings is 1. The number of carbonyl (C=O) groups excluding carboxylic acids is 2. The summed E-state index contributed by atoms with van der Waals surface area (Å²) in [7, 11) is 1.49. The smallest absolute Gasteiger partial charge is 0.414 e. The number of aromatic nitrogens is 1. The summed E-state index contributed by atoms with van der Waals surface area (Å²) < 4.78 is 12.8. The van der Waals surface area contributed by atoms with Crippen molar-refractivity contribution in [2.75, 3.05) is 25.1 Å². The predicted octanol–water partition coefficient (Wildman–Crippen LogP) is 3.32. The molecule has 4 rings (SSSR count). The van der Waals surface area contributed by atoms with Crippen LogP contribution in [-0.4, -0.2) is 42.9 Å². The van der Waals surface area contributed by atoms with Crippen LogP contribution in [0, 0.1) is 0 Å². The molecule has 160 valence electrons. The fourth-order valence-corrected chi connectivity index (χ4v) is 4.19. The molecule has 0 radical (unpaired) electrons. The van der Waals surface area contributed by atoms with Crippen molar-refractivity contribution in [2.24, 2.45) is 0 Å². The van der Waals surface area contributed by atoms with Crippen LogP contribution in [-0.2, 0) is 4.74 Å². The summed E-state index contributed by atoms with van der Waals surface area (Å²) in [5.74, 6) is 0.143. The van der Waals surface area contributed by atoms with Crippen LogP contribution in [0.4, 0.5) is 10.5 Å². The number of amides is 2. The summed E-state index contributed by atoms with van der Waals surface area (Å²) in [6.45, 7) is 0.404. The van der Waals surface area contributed by atoms with Gasteiger partial charge in [0, 0.05) is 18.3 Å². The third kappa shape index (κ3) is 4.42. The highest BCUT2D eigenvalue weighted by molar-refractivity contribution is 7.18. The minimum Gasteiger partial charge on any atom is -0.494 e. The fraction of sp³-hybridized carbons (Fsp3) is 0.190. The lowest BCUT2D eigenvalue weighted by atomic mass is 10.2. The first kappa shape index (κ1) is 21.0. The number of nitrogens with zero attached hydrogens (tertiary/aromatic N) is 2. The second kappa shape index (κ2) is 8.83. The minimum atomic E-state index is -0.540. The van der Waals surface area contributed by atoms with Gasteiger partial charge in [-0.25, -0.2) is 4.79 Å². The number of carbonyl (C=O) groups is 2. The number of pyridine rings is 1. The van der Waals surface area contributed by atoms with Gasteiger partial charge in [0.2, 0.25) is 0 Å². The van der Waals surface area contributed by atoms with E-state index in [0.717, 1.165) is 0 Å². The Morgan fingerprint density at radius 1 is 1.26 bits per heavy atom. The molecule has 31 heavy (non-hydrogen) atoms. The van der Waals surface area contributed by atoms with Gasteiger partial charge in [-0.1, -0.05) is 17.7 Å². The largest absolute Gasteiger partial charge is 0.494 e. The molecule has 8 nitrogen and oxygen atoms in total. The summed E-state index contributed by atoms with van der Waals surface area (Å²) in [4.78, 5) is 38.6. The summed E-state index contributed by atoms with van der Waals surface area (Å²) in [6.07, 6.45) is 0.592. The van der Waals surface area contributed by atoms with Crippen molar-refractivity contribution >= 4 is 40.6 Å². The van der Waals surface area contributed by atoms with Crippen molar-refractivity contribution in [3.8, 4) is 11.4 Å². The first-order valence-corrected chi connectivity index (χ1v) is 10.5. The van der Waals surface area contributed by atoms with E-state index in [1.165, 1.54) is 34.0 Å². The van der Waals surface area contributed by atoms with Crippen LogP contribution in [0.2, 0.25) is 4.34 Å². The Morgan fingerprint density at radius 3 is 2.81 bits per heavy atom. The van der Waals surface area contributed by atoms with Gasteiger partial charge < -0.3 is 14.8 Å². The lowest BCUT2D eigenvalue weighted by Crippen LogP contribution is -2.34. The molecule has 2 aromatic heterocycles. The van der Waals surface area contributed by atoms with Gasteiger partial charge in [0.15, 0.2) is 0 Å². The Bertz CT molecular complexity index is 1190. The first-order valence-electron chi connectivity index (χ1n) is 9.34. The van der Waals surface area contributed by atoms with Gasteiger partial charge in [0.25, 0.3) is 11.5 Å². The van der Waals surface area contributed by atoms with Crippen molar-refractivity contribution in [1.29, 1.82) is 0 Å². The van der Waals surface area contributed by atoms with Crippen LogP contribution in [0.25, 0.3) is 5.69 Å². The zero-order chi connectivity index (χ0) is 22.0. The number of rotatable bonds is 6. The molecule has 0 saturated carbocycles. The number of cyclic esters (lactones) is 1. The zero-order valence-corrected chi connectivity index (χ0v) is 18.0. The van der Waals surface area contributed by atoms with Crippen molar-refractivity contribution in [3.05, 3.63) is 74.3 Å². The Labute approximate surface area is 186 Å². The average Bonchev–Trinajstić information content (AvgIpc) is 3.37. The zero-order valence-electron chi connectivity index (χ0n) is 16.4. The molecule has 1 aliphatic heterocycles. The summed E-state index contributed by atoms with van der Waals surface area (Å²) in [5.41, 5.74) is 0.942. The van der Waals surface area contributed by atoms with Crippen LogP contribution >= 0.6 is 22.9 Å². The molecule has 0 spiro atoms. The molecular formula is C21H18ClN3O5S. The maximum atomic E-state index is 12.4. The molecule has 0 bridgehead atoms. The lowest BCUT2D eigenvalue weighted by molar-refractivity contribution is 0.0920. The molecule has 1 N–H and O–H groups in total. The van der Waals surface area contributed by atoms with Gasteiger partial charge in [-0.2, -0.15) is 0 Å². The van der Waals surface area contributed by atoms with Gasteiger partial charge in [-0.05, 0) is 30.3 Å². The van der Waals surface area contributed by atoms with Crippen LogP contribution in [0.1, 0.15) is 9.67 Å². The van der Waals surface area contributed by atoms with Crippen LogP contribution in [0.5, 0.6) is 5.75 Å². The molecule has 0 aliphatic carbocycles. The topological polar surface area (TPSA) is 89.9 Å². The molecular weight excluding hydrogens is 442 g/mol. The van der Waals surface area contributed by atoms with E-state index in [1.807, 2.05) is 0 Å². The van der Waals surface area contributed by atoms with Crippen molar-refractivity contribution < 1.29 is 19.1 Å². The SMILES string of the molecule is COc1cc(-n2ccccc2=O)ccc1N1C[C@H](CNC(=O)c2ccc(Cl)s2)OC1=O. The number of thiophene rings is 1. The number of anilines is 1. The van der Waals surface area contributed by atoms with Crippen LogP contribution in [0.15, 0.2) is 59.5 Å². The highest BCUT2D eigenvalue weighted by atomic mass is 35.5. The summed E-state index contributed by atoms with van der Waals surface area (Å²) in [5, 5.41) is 2.75. The number of ether oxygens (including phenoxy) is 2. The summed E-state index contributed by atoms with van der Waals surface area (Å²) >= 11 is 7.03. The molecule has 1 atom stereocenters. The van der Waals surface area contributed by atoms with E-state index in [0.29, 0.717) is 26.3 Å². The quantitative estimate of drug-likeness (QED) is 0.610. The molecule has 1 aromatic carbocycles. The van der Waals surface area contributed by atoms with E-state index in [1.54, 1.807) is 48.7 Å². The average molecular weight is 460 g/mol. The monoisotopic (exact) mass is 459 g/mol. The number of nitrogens with one attached hydrogen (secondary N) is 1. The molecule has 10 heteroatoms. The minimum absolute atomic E-state index is 0.163. The number of methoxy groups -OCH3 is 1. The van der Waals surface area contributed by atoms with Gasteiger partial charge in [-0.15, -0.1) is 11.3 Å². The third-order valence-electron chi connectivity index (χ3n) is 4.72. The van der Waals surface area contributed by atoms with Crippen molar-refractivity contribution in [1.82, 2.24) is 9.88 Å². The van der Waals surface area contributed by atoms with Gasteiger partial charge in [0.1, 0.15) is 11.9 Å². The van der Waals surface area contributed by atoms with E-state index >= 15 is 0 Å². The maximum absolute atomic E-state index is 12.4. The third-order valence-corrected chi connectivity index (χ3v) is 5.95. The Hall–Kier alpha value is -3.30. The molecule has 1 fully saturated rings. The Morgan fingerprint density at radius 2 is 2.10 bits per heavy atom.